The fraction of sp³-hybridized carbons (Fsp3) is 0.308. The number of amides is 2. The quantitative estimate of drug-likeness (QED) is 0.327. The fourth-order valence-corrected chi connectivity index (χ4v) is 5.65. The molecule has 0 bridgehead atoms. The summed E-state index contributed by atoms with van der Waals surface area (Å²) in [5, 5.41) is 9.58. The molecular formula is C26H26Br2N6O2. The maximum Gasteiger partial charge on any atom is 0.272 e. The van der Waals surface area contributed by atoms with E-state index >= 15 is 0 Å². The Morgan fingerprint density at radius 3 is 2.64 bits per heavy atom. The largest absolute Gasteiger partial charge is 0.339 e. The number of halogens is 2. The van der Waals surface area contributed by atoms with E-state index in [9.17, 15) is 9.59 Å². The molecule has 0 N–H and O–H groups in total. The number of carbonyl (C=O) groups is 2. The van der Waals surface area contributed by atoms with Crippen LogP contribution >= 0.6 is 31.9 Å². The lowest BCUT2D eigenvalue weighted by molar-refractivity contribution is -0.135. The maximum absolute atomic E-state index is 13.4. The normalized spacial score (nSPS) is 15.1. The fourth-order valence-electron chi connectivity index (χ4n) is 4.63. The van der Waals surface area contributed by atoms with Gasteiger partial charge in [-0.1, -0.05) is 51.5 Å². The molecule has 5 rings (SSSR count). The summed E-state index contributed by atoms with van der Waals surface area (Å²) in [7, 11) is 1.87. The molecule has 36 heavy (non-hydrogen) atoms. The number of para-hydroxylation sites is 1. The Morgan fingerprint density at radius 2 is 1.92 bits per heavy atom. The molecule has 2 amide bonds. The number of rotatable bonds is 5. The molecule has 1 fully saturated rings. The Balaban J connectivity index is 1.25. The number of piperazine rings is 1. The van der Waals surface area contributed by atoms with Crippen LogP contribution < -0.4 is 0 Å². The Morgan fingerprint density at radius 1 is 1.14 bits per heavy atom. The molecule has 4 aromatic rings. The van der Waals surface area contributed by atoms with Crippen LogP contribution in [0.4, 0.5) is 0 Å². The van der Waals surface area contributed by atoms with Gasteiger partial charge in [0.15, 0.2) is 0 Å². The number of carbonyl (C=O) groups excluding carboxylic acids is 2. The molecule has 0 aliphatic carbocycles. The van der Waals surface area contributed by atoms with Crippen LogP contribution in [0.1, 0.15) is 40.3 Å². The number of aromatic nitrogens is 4. The summed E-state index contributed by atoms with van der Waals surface area (Å²) in [6.07, 6.45) is 1.89. The van der Waals surface area contributed by atoms with E-state index in [-0.39, 0.29) is 24.4 Å². The minimum Gasteiger partial charge on any atom is -0.339 e. The highest BCUT2D eigenvalue weighted by molar-refractivity contribution is 9.11. The number of benzene rings is 2. The van der Waals surface area contributed by atoms with Crippen molar-refractivity contribution in [1.29, 1.82) is 0 Å². The third-order valence-corrected chi connectivity index (χ3v) is 8.52. The summed E-state index contributed by atoms with van der Waals surface area (Å²) < 4.78 is 5.53. The summed E-state index contributed by atoms with van der Waals surface area (Å²) in [5.74, 6) is -0.256. The van der Waals surface area contributed by atoms with E-state index in [4.69, 9.17) is 0 Å². The smallest absolute Gasteiger partial charge is 0.272 e. The van der Waals surface area contributed by atoms with E-state index in [1.54, 1.807) is 9.80 Å². The summed E-state index contributed by atoms with van der Waals surface area (Å²) in [4.78, 5) is 29.7. The second-order valence-electron chi connectivity index (χ2n) is 9.16. The van der Waals surface area contributed by atoms with E-state index in [0.29, 0.717) is 25.3 Å². The summed E-state index contributed by atoms with van der Waals surface area (Å²) >= 11 is 7.14. The third kappa shape index (κ3) is 4.48. The molecule has 0 radical (unpaired) electrons. The van der Waals surface area contributed by atoms with Gasteiger partial charge in [0, 0.05) is 35.5 Å². The molecular weight excluding hydrogens is 588 g/mol. The Kier molecular flexibility index (Phi) is 6.74. The molecule has 1 atom stereocenters. The van der Waals surface area contributed by atoms with Crippen molar-refractivity contribution in [3.8, 4) is 0 Å². The number of nitrogens with zero attached hydrogens (tertiary/aromatic N) is 6. The lowest BCUT2D eigenvalue weighted by atomic mass is 10.1. The first-order valence-electron chi connectivity index (χ1n) is 11.7. The standard InChI is InChI=1S/C26H26Br2N6O2/c1-16-12-18(8-9-21(16)27)17(2)34-14-19(29-30-34)13-32-10-11-33(15-23(32)35)26(36)25-24(28)20-6-4-5-7-22(20)31(25)3/h4-9,12,14,17H,10-11,13,15H2,1-3H3/t17-/m0/s1. The maximum atomic E-state index is 13.4. The van der Waals surface area contributed by atoms with Crippen molar-refractivity contribution < 1.29 is 9.59 Å². The van der Waals surface area contributed by atoms with Crippen molar-refractivity contribution in [1.82, 2.24) is 29.4 Å². The molecule has 3 heterocycles. The second-order valence-corrected chi connectivity index (χ2v) is 10.8. The first kappa shape index (κ1) is 24.7. The molecule has 0 unspecified atom stereocenters. The first-order chi connectivity index (χ1) is 17.2. The highest BCUT2D eigenvalue weighted by Crippen LogP contribution is 2.31. The predicted octanol–water partition coefficient (Wildman–Crippen LogP) is 4.70. The highest BCUT2D eigenvalue weighted by Gasteiger charge is 2.31. The SMILES string of the molecule is Cc1cc([C@H](C)n2cc(CN3CCN(C(=O)c4c(Br)c5ccccc5n4C)CC3=O)nn2)ccc1Br. The summed E-state index contributed by atoms with van der Waals surface area (Å²) in [5.41, 5.74) is 4.54. The zero-order valence-corrected chi connectivity index (χ0v) is 23.5. The van der Waals surface area contributed by atoms with Gasteiger partial charge in [-0.15, -0.1) is 5.10 Å². The molecule has 8 nitrogen and oxygen atoms in total. The minimum atomic E-state index is -0.155. The van der Waals surface area contributed by atoms with Gasteiger partial charge in [0.25, 0.3) is 5.91 Å². The molecule has 10 heteroatoms. The first-order valence-corrected chi connectivity index (χ1v) is 13.3. The van der Waals surface area contributed by atoms with Crippen molar-refractivity contribution in [2.75, 3.05) is 19.6 Å². The van der Waals surface area contributed by atoms with Crippen molar-refractivity contribution in [2.24, 2.45) is 7.05 Å². The topological polar surface area (TPSA) is 76.3 Å². The van der Waals surface area contributed by atoms with Gasteiger partial charge in [-0.3, -0.25) is 9.59 Å². The number of aryl methyl sites for hydroxylation is 2. The summed E-state index contributed by atoms with van der Waals surface area (Å²) in [6, 6.07) is 14.1. The molecule has 1 aliphatic heterocycles. The molecule has 0 spiro atoms. The summed E-state index contributed by atoms with van der Waals surface area (Å²) in [6.45, 7) is 5.44. The van der Waals surface area contributed by atoms with Crippen LogP contribution in [0.5, 0.6) is 0 Å². The van der Waals surface area contributed by atoms with Crippen LogP contribution in [0.25, 0.3) is 10.9 Å². The number of hydrogen-bond acceptors (Lipinski definition) is 4. The van der Waals surface area contributed by atoms with Gasteiger partial charge >= 0.3 is 0 Å². The van der Waals surface area contributed by atoms with E-state index in [0.717, 1.165) is 36.7 Å². The van der Waals surface area contributed by atoms with E-state index in [1.807, 2.05) is 52.8 Å². The van der Waals surface area contributed by atoms with E-state index < -0.39 is 0 Å². The second kappa shape index (κ2) is 9.82. The lowest BCUT2D eigenvalue weighted by Gasteiger charge is -2.34. The zero-order valence-electron chi connectivity index (χ0n) is 20.3. The van der Waals surface area contributed by atoms with Crippen LogP contribution in [0.3, 0.4) is 0 Å². The molecule has 186 valence electrons. The number of fused-ring (bicyclic) bond motifs is 1. The van der Waals surface area contributed by atoms with Crippen molar-refractivity contribution in [3.05, 3.63) is 80.1 Å². The number of hydrogen-bond donors (Lipinski definition) is 0. The van der Waals surface area contributed by atoms with Gasteiger partial charge in [0.2, 0.25) is 5.91 Å². The van der Waals surface area contributed by atoms with E-state index in [2.05, 4.69) is 68.2 Å². The van der Waals surface area contributed by atoms with Gasteiger partial charge in [0.1, 0.15) is 17.9 Å². The third-order valence-electron chi connectivity index (χ3n) is 6.83. The predicted molar refractivity (Wildman–Crippen MR) is 145 cm³/mol. The Hall–Kier alpha value is -2.98. The Bertz CT molecular complexity index is 1440. The molecule has 0 saturated carbocycles. The average Bonchev–Trinajstić information content (AvgIpc) is 3.44. The molecule has 1 aliphatic rings. The van der Waals surface area contributed by atoms with Crippen molar-refractivity contribution >= 4 is 54.6 Å². The molecule has 1 saturated heterocycles. The van der Waals surface area contributed by atoms with Crippen LogP contribution in [0.2, 0.25) is 0 Å². The lowest BCUT2D eigenvalue weighted by Crippen LogP contribution is -2.52. The molecule has 2 aromatic carbocycles. The van der Waals surface area contributed by atoms with Gasteiger partial charge in [-0.2, -0.15) is 0 Å². The Labute approximate surface area is 226 Å². The van der Waals surface area contributed by atoms with Crippen LogP contribution in [0.15, 0.2) is 57.6 Å². The van der Waals surface area contributed by atoms with Gasteiger partial charge < -0.3 is 14.4 Å². The van der Waals surface area contributed by atoms with Crippen LogP contribution in [0, 0.1) is 6.92 Å². The van der Waals surface area contributed by atoms with Crippen molar-refractivity contribution in [3.63, 3.8) is 0 Å². The van der Waals surface area contributed by atoms with Crippen molar-refractivity contribution in [2.45, 2.75) is 26.4 Å². The average molecular weight is 614 g/mol. The minimum absolute atomic E-state index is 0.0162. The monoisotopic (exact) mass is 612 g/mol. The zero-order chi connectivity index (χ0) is 25.6. The molecule has 2 aromatic heterocycles. The van der Waals surface area contributed by atoms with Crippen LogP contribution in [-0.2, 0) is 18.4 Å². The van der Waals surface area contributed by atoms with Crippen LogP contribution in [-0.4, -0.2) is 60.8 Å². The van der Waals surface area contributed by atoms with Gasteiger partial charge in [-0.05, 0) is 53.0 Å². The highest BCUT2D eigenvalue weighted by atomic mass is 79.9. The van der Waals surface area contributed by atoms with Gasteiger partial charge in [0.05, 0.1) is 23.3 Å². The van der Waals surface area contributed by atoms with E-state index in [1.165, 1.54) is 0 Å². The van der Waals surface area contributed by atoms with Gasteiger partial charge in [-0.25, -0.2) is 4.68 Å².